The van der Waals surface area contributed by atoms with Gasteiger partial charge in [-0.15, -0.1) is 0 Å². The number of benzene rings is 2. The molecule has 1 fully saturated rings. The van der Waals surface area contributed by atoms with Crippen LogP contribution in [0.25, 0.3) is 6.08 Å². The van der Waals surface area contributed by atoms with E-state index >= 15 is 0 Å². The van der Waals surface area contributed by atoms with Gasteiger partial charge in [-0.1, -0.05) is 42.5 Å². The van der Waals surface area contributed by atoms with Gasteiger partial charge in [0.2, 0.25) is 5.91 Å². The van der Waals surface area contributed by atoms with Crippen molar-refractivity contribution in [2.24, 2.45) is 0 Å². The van der Waals surface area contributed by atoms with E-state index < -0.39 is 0 Å². The number of para-hydroxylation sites is 2. The third kappa shape index (κ3) is 4.03. The largest absolute Gasteiger partial charge is 0.362 e. The van der Waals surface area contributed by atoms with Crippen LogP contribution in [0.2, 0.25) is 0 Å². The zero-order valence-corrected chi connectivity index (χ0v) is 13.7. The van der Waals surface area contributed by atoms with Gasteiger partial charge in [-0.05, 0) is 17.7 Å². The fraction of sp³-hybridized carbons (Fsp3) is 0.211. The molecule has 0 N–H and O–H groups in total. The van der Waals surface area contributed by atoms with Gasteiger partial charge in [0.1, 0.15) is 5.69 Å². The van der Waals surface area contributed by atoms with E-state index in [0.717, 1.165) is 5.56 Å². The van der Waals surface area contributed by atoms with E-state index in [1.807, 2.05) is 35.2 Å². The predicted molar refractivity (Wildman–Crippen MR) is 97.4 cm³/mol. The highest BCUT2D eigenvalue weighted by Gasteiger charge is 2.24. The van der Waals surface area contributed by atoms with Gasteiger partial charge in [-0.25, -0.2) is 0 Å². The minimum atomic E-state index is -0.366. The second-order valence-electron chi connectivity index (χ2n) is 5.80. The zero-order chi connectivity index (χ0) is 17.6. The fourth-order valence-corrected chi connectivity index (χ4v) is 2.89. The van der Waals surface area contributed by atoms with Crippen LogP contribution >= 0.6 is 0 Å². The summed E-state index contributed by atoms with van der Waals surface area (Å²) in [5.41, 5.74) is 1.69. The van der Waals surface area contributed by atoms with Crippen LogP contribution in [-0.2, 0) is 4.79 Å². The summed E-state index contributed by atoms with van der Waals surface area (Å²) in [6, 6.07) is 16.4. The lowest BCUT2D eigenvalue weighted by Crippen LogP contribution is -2.48. The Morgan fingerprint density at radius 2 is 1.60 bits per heavy atom. The number of carbonyl (C=O) groups is 1. The summed E-state index contributed by atoms with van der Waals surface area (Å²) >= 11 is 0. The molecule has 1 aliphatic heterocycles. The van der Waals surface area contributed by atoms with Gasteiger partial charge in [0.15, 0.2) is 0 Å². The molecular formula is C19H19N3O3. The van der Waals surface area contributed by atoms with E-state index in [9.17, 15) is 14.9 Å². The standard InChI is InChI=1S/C19H19N3O3/c23-19(11-10-16-6-2-1-3-7-16)21-14-12-20(13-15-21)17-8-4-5-9-18(17)22(24)25/h1-11H,12-15H2/b11-10+. The quantitative estimate of drug-likeness (QED) is 0.489. The molecule has 6 nitrogen and oxygen atoms in total. The minimum absolute atomic E-state index is 0.0361. The van der Waals surface area contributed by atoms with E-state index in [2.05, 4.69) is 0 Å². The van der Waals surface area contributed by atoms with Crippen LogP contribution in [0.3, 0.4) is 0 Å². The van der Waals surface area contributed by atoms with Crippen molar-refractivity contribution in [1.82, 2.24) is 4.90 Å². The van der Waals surface area contributed by atoms with Crippen molar-refractivity contribution in [3.05, 3.63) is 76.4 Å². The molecule has 0 radical (unpaired) electrons. The van der Waals surface area contributed by atoms with Gasteiger partial charge in [0.25, 0.3) is 5.69 Å². The summed E-state index contributed by atoms with van der Waals surface area (Å²) in [5, 5.41) is 11.2. The summed E-state index contributed by atoms with van der Waals surface area (Å²) in [6.45, 7) is 2.25. The van der Waals surface area contributed by atoms with Crippen LogP contribution < -0.4 is 4.90 Å². The van der Waals surface area contributed by atoms with E-state index in [-0.39, 0.29) is 16.5 Å². The van der Waals surface area contributed by atoms with Crippen molar-refractivity contribution in [3.63, 3.8) is 0 Å². The van der Waals surface area contributed by atoms with Gasteiger partial charge in [0.05, 0.1) is 4.92 Å². The highest BCUT2D eigenvalue weighted by molar-refractivity contribution is 5.92. The lowest BCUT2D eigenvalue weighted by molar-refractivity contribution is -0.384. The van der Waals surface area contributed by atoms with Crippen molar-refractivity contribution in [2.75, 3.05) is 31.1 Å². The molecule has 1 aliphatic rings. The maximum atomic E-state index is 12.3. The topological polar surface area (TPSA) is 66.7 Å². The molecule has 0 saturated carbocycles. The SMILES string of the molecule is O=C(/C=C/c1ccccc1)N1CCN(c2ccccc2[N+](=O)[O-])CC1. The fourth-order valence-electron chi connectivity index (χ4n) is 2.89. The first kappa shape index (κ1) is 16.7. The summed E-state index contributed by atoms with van der Waals surface area (Å²) in [5.74, 6) is -0.0361. The number of piperazine rings is 1. The Balaban J connectivity index is 1.61. The van der Waals surface area contributed by atoms with E-state index in [0.29, 0.717) is 31.9 Å². The molecule has 128 valence electrons. The Morgan fingerprint density at radius 1 is 0.960 bits per heavy atom. The molecule has 0 bridgehead atoms. The van der Waals surface area contributed by atoms with Gasteiger partial charge in [-0.2, -0.15) is 0 Å². The van der Waals surface area contributed by atoms with Crippen LogP contribution in [0.4, 0.5) is 11.4 Å². The average Bonchev–Trinajstić information content (AvgIpc) is 2.67. The van der Waals surface area contributed by atoms with Crippen molar-refractivity contribution in [1.29, 1.82) is 0 Å². The molecule has 0 atom stereocenters. The predicted octanol–water partition coefficient (Wildman–Crippen LogP) is 2.96. The number of hydrogen-bond acceptors (Lipinski definition) is 4. The maximum absolute atomic E-state index is 12.3. The van der Waals surface area contributed by atoms with Crippen LogP contribution in [-0.4, -0.2) is 41.9 Å². The number of rotatable bonds is 4. The van der Waals surface area contributed by atoms with Crippen LogP contribution in [0.5, 0.6) is 0 Å². The molecule has 1 saturated heterocycles. The molecule has 0 aromatic heterocycles. The van der Waals surface area contributed by atoms with Crippen molar-refractivity contribution >= 4 is 23.4 Å². The minimum Gasteiger partial charge on any atom is -0.362 e. The number of nitro groups is 1. The Kier molecular flexibility index (Phi) is 5.09. The zero-order valence-electron chi connectivity index (χ0n) is 13.7. The van der Waals surface area contributed by atoms with Crippen LogP contribution in [0.1, 0.15) is 5.56 Å². The second-order valence-corrected chi connectivity index (χ2v) is 5.80. The molecule has 3 rings (SSSR count). The maximum Gasteiger partial charge on any atom is 0.292 e. The highest BCUT2D eigenvalue weighted by Crippen LogP contribution is 2.28. The summed E-state index contributed by atoms with van der Waals surface area (Å²) in [6.07, 6.45) is 3.38. The number of nitro benzene ring substituents is 1. The molecule has 1 heterocycles. The number of carbonyl (C=O) groups excluding carboxylic acids is 1. The van der Waals surface area contributed by atoms with Crippen molar-refractivity contribution < 1.29 is 9.72 Å². The normalized spacial score (nSPS) is 14.7. The molecule has 0 unspecified atom stereocenters. The molecule has 1 amide bonds. The number of nitrogens with zero attached hydrogens (tertiary/aromatic N) is 3. The van der Waals surface area contributed by atoms with Crippen molar-refractivity contribution in [2.45, 2.75) is 0 Å². The molecule has 25 heavy (non-hydrogen) atoms. The molecule has 6 heteroatoms. The second kappa shape index (κ2) is 7.61. The third-order valence-electron chi connectivity index (χ3n) is 4.23. The molecule has 2 aromatic rings. The van der Waals surface area contributed by atoms with Gasteiger partial charge < -0.3 is 9.80 Å². The monoisotopic (exact) mass is 337 g/mol. The number of hydrogen-bond donors (Lipinski definition) is 0. The first-order valence-corrected chi connectivity index (χ1v) is 8.15. The Labute approximate surface area is 146 Å². The smallest absolute Gasteiger partial charge is 0.292 e. The lowest BCUT2D eigenvalue weighted by Gasteiger charge is -2.35. The molecule has 0 aliphatic carbocycles. The van der Waals surface area contributed by atoms with Gasteiger partial charge in [-0.3, -0.25) is 14.9 Å². The van der Waals surface area contributed by atoms with E-state index in [4.69, 9.17) is 0 Å². The Morgan fingerprint density at radius 3 is 2.28 bits per heavy atom. The summed E-state index contributed by atoms with van der Waals surface area (Å²) in [4.78, 5) is 26.8. The highest BCUT2D eigenvalue weighted by atomic mass is 16.6. The summed E-state index contributed by atoms with van der Waals surface area (Å²) in [7, 11) is 0. The van der Waals surface area contributed by atoms with Crippen LogP contribution in [0, 0.1) is 10.1 Å². The summed E-state index contributed by atoms with van der Waals surface area (Å²) < 4.78 is 0. The number of anilines is 1. The number of amides is 1. The Bertz CT molecular complexity index is 782. The lowest BCUT2D eigenvalue weighted by atomic mass is 10.2. The Hall–Kier alpha value is -3.15. The third-order valence-corrected chi connectivity index (χ3v) is 4.23. The van der Waals surface area contributed by atoms with Gasteiger partial charge >= 0.3 is 0 Å². The van der Waals surface area contributed by atoms with Crippen LogP contribution in [0.15, 0.2) is 60.7 Å². The van der Waals surface area contributed by atoms with E-state index in [1.54, 1.807) is 35.3 Å². The average molecular weight is 337 g/mol. The molecule has 2 aromatic carbocycles. The first-order valence-electron chi connectivity index (χ1n) is 8.15. The molecular weight excluding hydrogens is 318 g/mol. The molecule has 0 spiro atoms. The van der Waals surface area contributed by atoms with Gasteiger partial charge in [0, 0.05) is 38.3 Å². The first-order chi connectivity index (χ1) is 12.1. The van der Waals surface area contributed by atoms with E-state index in [1.165, 1.54) is 6.07 Å². The van der Waals surface area contributed by atoms with Crippen molar-refractivity contribution in [3.8, 4) is 0 Å².